The van der Waals surface area contributed by atoms with Crippen molar-refractivity contribution < 1.29 is 19.4 Å². The average Bonchev–Trinajstić information content (AvgIpc) is 2.45. The third-order valence-corrected chi connectivity index (χ3v) is 5.20. The fourth-order valence-corrected chi connectivity index (χ4v) is 3.80. The van der Waals surface area contributed by atoms with Gasteiger partial charge in [0, 0.05) is 19.0 Å². The Hall–Kier alpha value is -1.10. The van der Waals surface area contributed by atoms with Crippen molar-refractivity contribution in [2.45, 2.75) is 50.5 Å². The zero-order valence-electron chi connectivity index (χ0n) is 11.8. The highest BCUT2D eigenvalue weighted by molar-refractivity contribution is 5.80. The van der Waals surface area contributed by atoms with Gasteiger partial charge in [-0.15, -0.1) is 0 Å². The predicted molar refractivity (Wildman–Crippen MR) is 72.2 cm³/mol. The van der Waals surface area contributed by atoms with Crippen LogP contribution in [0.5, 0.6) is 0 Å². The molecule has 1 spiro atoms. The molecule has 0 aromatic heterocycles. The molecule has 3 fully saturated rings. The van der Waals surface area contributed by atoms with Gasteiger partial charge in [-0.3, -0.25) is 9.59 Å². The number of hydrogen-bond donors (Lipinski definition) is 1. The molecule has 1 aliphatic heterocycles. The van der Waals surface area contributed by atoms with Crippen molar-refractivity contribution in [1.29, 1.82) is 0 Å². The fraction of sp³-hybridized carbons (Fsp3) is 0.867. The Kier molecular flexibility index (Phi) is 3.71. The molecule has 0 aromatic rings. The molecule has 2 saturated carbocycles. The van der Waals surface area contributed by atoms with E-state index >= 15 is 0 Å². The molecule has 1 amide bonds. The summed E-state index contributed by atoms with van der Waals surface area (Å²) in [5.74, 6) is -1.03. The van der Waals surface area contributed by atoms with Crippen LogP contribution in [0.4, 0.5) is 0 Å². The molecular weight excluding hydrogens is 258 g/mol. The first kappa shape index (κ1) is 13.9. The van der Waals surface area contributed by atoms with Crippen LogP contribution in [0, 0.1) is 11.8 Å². The second-order valence-corrected chi connectivity index (χ2v) is 6.54. The summed E-state index contributed by atoms with van der Waals surface area (Å²) in [5.41, 5.74) is -0.0746. The van der Waals surface area contributed by atoms with Crippen LogP contribution < -0.4 is 0 Å². The van der Waals surface area contributed by atoms with Crippen LogP contribution in [0.15, 0.2) is 0 Å². The summed E-state index contributed by atoms with van der Waals surface area (Å²) < 4.78 is 5.84. The first-order chi connectivity index (χ1) is 9.60. The van der Waals surface area contributed by atoms with E-state index in [1.807, 2.05) is 4.90 Å². The maximum Gasteiger partial charge on any atom is 0.306 e. The van der Waals surface area contributed by atoms with Crippen molar-refractivity contribution in [3.8, 4) is 0 Å². The molecule has 0 aromatic carbocycles. The summed E-state index contributed by atoms with van der Waals surface area (Å²) in [6.07, 6.45) is 6.21. The summed E-state index contributed by atoms with van der Waals surface area (Å²) in [4.78, 5) is 25.7. The van der Waals surface area contributed by atoms with E-state index in [1.165, 1.54) is 6.42 Å². The van der Waals surface area contributed by atoms with Gasteiger partial charge in [0.1, 0.15) is 0 Å². The van der Waals surface area contributed by atoms with Crippen LogP contribution in [-0.2, 0) is 14.3 Å². The third-order valence-electron chi connectivity index (χ3n) is 5.20. The summed E-state index contributed by atoms with van der Waals surface area (Å²) in [6.45, 7) is 2.00. The number of rotatable bonds is 2. The molecule has 112 valence electrons. The van der Waals surface area contributed by atoms with E-state index in [1.54, 1.807) is 0 Å². The van der Waals surface area contributed by atoms with Crippen LogP contribution in [0.2, 0.25) is 0 Å². The van der Waals surface area contributed by atoms with Gasteiger partial charge in [0.2, 0.25) is 5.91 Å². The van der Waals surface area contributed by atoms with Crippen molar-refractivity contribution in [2.75, 3.05) is 19.7 Å². The lowest BCUT2D eigenvalue weighted by molar-refractivity contribution is -0.171. The highest BCUT2D eigenvalue weighted by atomic mass is 16.5. The van der Waals surface area contributed by atoms with Gasteiger partial charge in [-0.05, 0) is 38.5 Å². The maximum atomic E-state index is 12.6. The molecule has 1 saturated heterocycles. The Morgan fingerprint density at radius 3 is 2.55 bits per heavy atom. The standard InChI is InChI=1S/C15H23NO4/c17-13(11-3-1-4-12(9-11)14(18)19)16-7-8-20-15(10-16)5-2-6-15/h11-12H,1-10H2,(H,18,19). The van der Waals surface area contributed by atoms with E-state index < -0.39 is 5.97 Å². The van der Waals surface area contributed by atoms with E-state index in [9.17, 15) is 9.59 Å². The number of aliphatic carboxylic acids is 1. The van der Waals surface area contributed by atoms with Crippen molar-refractivity contribution in [1.82, 2.24) is 4.90 Å². The monoisotopic (exact) mass is 281 g/mol. The highest BCUT2D eigenvalue weighted by Gasteiger charge is 2.44. The lowest BCUT2D eigenvalue weighted by Crippen LogP contribution is -2.58. The molecule has 2 aliphatic carbocycles. The first-order valence-corrected chi connectivity index (χ1v) is 7.75. The molecule has 2 unspecified atom stereocenters. The minimum absolute atomic E-state index is 0.0746. The molecule has 20 heavy (non-hydrogen) atoms. The molecular formula is C15H23NO4. The van der Waals surface area contributed by atoms with Crippen molar-refractivity contribution >= 4 is 11.9 Å². The predicted octanol–water partition coefficient (Wildman–Crippen LogP) is 1.66. The van der Waals surface area contributed by atoms with E-state index in [0.717, 1.165) is 25.7 Å². The number of carboxylic acid groups (broad SMARTS) is 1. The van der Waals surface area contributed by atoms with Crippen LogP contribution in [0.25, 0.3) is 0 Å². The largest absolute Gasteiger partial charge is 0.481 e. The number of hydrogen-bond acceptors (Lipinski definition) is 3. The van der Waals surface area contributed by atoms with Gasteiger partial charge in [-0.1, -0.05) is 6.42 Å². The summed E-state index contributed by atoms with van der Waals surface area (Å²) in [6, 6.07) is 0. The molecule has 2 atom stereocenters. The first-order valence-electron chi connectivity index (χ1n) is 7.75. The van der Waals surface area contributed by atoms with Crippen LogP contribution >= 0.6 is 0 Å². The second kappa shape index (κ2) is 5.35. The molecule has 1 N–H and O–H groups in total. The molecule has 3 rings (SSSR count). The van der Waals surface area contributed by atoms with E-state index in [0.29, 0.717) is 32.5 Å². The number of ether oxygens (including phenoxy) is 1. The van der Waals surface area contributed by atoms with Crippen molar-refractivity contribution in [2.24, 2.45) is 11.8 Å². The van der Waals surface area contributed by atoms with Crippen LogP contribution in [0.3, 0.4) is 0 Å². The minimum Gasteiger partial charge on any atom is -0.481 e. The summed E-state index contributed by atoms with van der Waals surface area (Å²) in [7, 11) is 0. The number of carboxylic acids is 1. The lowest BCUT2D eigenvalue weighted by atomic mass is 9.77. The smallest absolute Gasteiger partial charge is 0.306 e. The molecule has 3 aliphatic rings. The van der Waals surface area contributed by atoms with Gasteiger partial charge < -0.3 is 14.7 Å². The van der Waals surface area contributed by atoms with Gasteiger partial charge in [-0.25, -0.2) is 0 Å². The van der Waals surface area contributed by atoms with E-state index in [2.05, 4.69) is 0 Å². The Morgan fingerprint density at radius 2 is 1.90 bits per heavy atom. The molecule has 5 nitrogen and oxygen atoms in total. The number of carbonyl (C=O) groups excluding carboxylic acids is 1. The normalized spacial score (nSPS) is 32.7. The SMILES string of the molecule is O=C(O)C1CCCC(C(=O)N2CCOC3(CCC3)C2)C1. The van der Waals surface area contributed by atoms with E-state index in [-0.39, 0.29) is 23.3 Å². The minimum atomic E-state index is -0.750. The van der Waals surface area contributed by atoms with Gasteiger partial charge >= 0.3 is 5.97 Å². The maximum absolute atomic E-state index is 12.6. The zero-order valence-corrected chi connectivity index (χ0v) is 11.8. The van der Waals surface area contributed by atoms with Crippen molar-refractivity contribution in [3.05, 3.63) is 0 Å². The Morgan fingerprint density at radius 1 is 1.15 bits per heavy atom. The highest BCUT2D eigenvalue weighted by Crippen LogP contribution is 2.39. The third kappa shape index (κ3) is 2.55. The molecule has 1 heterocycles. The molecule has 0 radical (unpaired) electrons. The molecule has 5 heteroatoms. The molecule has 0 bridgehead atoms. The fourth-order valence-electron chi connectivity index (χ4n) is 3.80. The quantitative estimate of drug-likeness (QED) is 0.836. The van der Waals surface area contributed by atoms with Crippen molar-refractivity contribution in [3.63, 3.8) is 0 Å². The van der Waals surface area contributed by atoms with Gasteiger partial charge in [0.05, 0.1) is 18.1 Å². The Bertz CT molecular complexity index is 405. The Balaban J connectivity index is 1.61. The van der Waals surface area contributed by atoms with Crippen LogP contribution in [-0.4, -0.2) is 47.2 Å². The number of amides is 1. The number of morpholine rings is 1. The number of carbonyl (C=O) groups is 2. The second-order valence-electron chi connectivity index (χ2n) is 6.54. The average molecular weight is 281 g/mol. The van der Waals surface area contributed by atoms with Crippen LogP contribution in [0.1, 0.15) is 44.9 Å². The van der Waals surface area contributed by atoms with Gasteiger partial charge in [0.25, 0.3) is 0 Å². The topological polar surface area (TPSA) is 66.8 Å². The summed E-state index contributed by atoms with van der Waals surface area (Å²) in [5, 5.41) is 9.13. The zero-order chi connectivity index (χ0) is 14.2. The number of nitrogens with zero attached hydrogens (tertiary/aromatic N) is 1. The Labute approximate surface area is 119 Å². The van der Waals surface area contributed by atoms with E-state index in [4.69, 9.17) is 9.84 Å². The van der Waals surface area contributed by atoms with Gasteiger partial charge in [-0.2, -0.15) is 0 Å². The van der Waals surface area contributed by atoms with Gasteiger partial charge in [0.15, 0.2) is 0 Å². The summed E-state index contributed by atoms with van der Waals surface area (Å²) >= 11 is 0. The lowest BCUT2D eigenvalue weighted by Gasteiger charge is -2.49.